The van der Waals surface area contributed by atoms with Gasteiger partial charge in [0.1, 0.15) is 5.75 Å². The zero-order valence-corrected chi connectivity index (χ0v) is 11.8. The molecular formula is C15H18N2O3. The van der Waals surface area contributed by atoms with Gasteiger partial charge in [-0.3, -0.25) is 4.98 Å². The molecule has 106 valence electrons. The van der Waals surface area contributed by atoms with Gasteiger partial charge in [-0.2, -0.15) is 0 Å². The summed E-state index contributed by atoms with van der Waals surface area (Å²) in [5, 5.41) is 3.08. The second-order valence-electron chi connectivity index (χ2n) is 4.15. The van der Waals surface area contributed by atoms with Crippen molar-refractivity contribution in [1.29, 1.82) is 0 Å². The molecule has 0 radical (unpaired) electrons. The zero-order valence-electron chi connectivity index (χ0n) is 11.8. The summed E-state index contributed by atoms with van der Waals surface area (Å²) in [5.41, 5.74) is 1.04. The number of pyridine rings is 1. The molecule has 0 aliphatic carbocycles. The summed E-state index contributed by atoms with van der Waals surface area (Å²) in [5.74, 6) is 2.41. The Kier molecular flexibility index (Phi) is 4.79. The van der Waals surface area contributed by atoms with E-state index in [0.717, 1.165) is 12.1 Å². The fraction of sp³-hybridized carbons (Fsp3) is 0.267. The maximum absolute atomic E-state index is 5.87. The lowest BCUT2D eigenvalue weighted by molar-refractivity contribution is 0.346. The van der Waals surface area contributed by atoms with Crippen LogP contribution in [0.25, 0.3) is 0 Å². The molecule has 0 unspecified atom stereocenters. The van der Waals surface area contributed by atoms with Crippen LogP contribution < -0.4 is 19.5 Å². The molecule has 1 N–H and O–H groups in total. The third-order valence-corrected chi connectivity index (χ3v) is 2.75. The molecule has 0 fully saturated rings. The molecule has 0 amide bonds. The summed E-state index contributed by atoms with van der Waals surface area (Å²) in [6, 6.07) is 7.42. The third-order valence-electron chi connectivity index (χ3n) is 2.75. The standard InChI is InChI=1S/C15H18N2O3/c1-16-8-11-7-12(10-17-9-11)20-15-13(18-2)5-4-6-14(15)19-3/h4-7,9-10,16H,8H2,1-3H3. The number of rotatable bonds is 6. The monoisotopic (exact) mass is 274 g/mol. The fourth-order valence-corrected chi connectivity index (χ4v) is 1.86. The molecule has 1 aromatic heterocycles. The van der Waals surface area contributed by atoms with Crippen LogP contribution in [-0.2, 0) is 6.54 Å². The minimum atomic E-state index is 0.543. The molecule has 20 heavy (non-hydrogen) atoms. The SMILES string of the molecule is CNCc1cncc(Oc2c(OC)cccc2OC)c1. The van der Waals surface area contributed by atoms with Gasteiger partial charge in [0.2, 0.25) is 5.75 Å². The molecule has 0 bridgehead atoms. The largest absolute Gasteiger partial charge is 0.493 e. The van der Waals surface area contributed by atoms with Crippen LogP contribution in [0, 0.1) is 0 Å². The number of nitrogens with one attached hydrogen (secondary N) is 1. The molecule has 0 aliphatic heterocycles. The number of hydrogen-bond acceptors (Lipinski definition) is 5. The van der Waals surface area contributed by atoms with E-state index in [9.17, 15) is 0 Å². The van der Waals surface area contributed by atoms with Gasteiger partial charge in [0, 0.05) is 12.7 Å². The predicted octanol–water partition coefficient (Wildman–Crippen LogP) is 2.61. The van der Waals surface area contributed by atoms with Crippen LogP contribution in [-0.4, -0.2) is 26.3 Å². The molecule has 2 rings (SSSR count). The van der Waals surface area contributed by atoms with E-state index >= 15 is 0 Å². The number of nitrogens with zero attached hydrogens (tertiary/aromatic N) is 1. The van der Waals surface area contributed by atoms with Gasteiger partial charge in [0.25, 0.3) is 0 Å². The zero-order chi connectivity index (χ0) is 14.4. The van der Waals surface area contributed by atoms with Gasteiger partial charge >= 0.3 is 0 Å². The average Bonchev–Trinajstić information content (AvgIpc) is 2.48. The van der Waals surface area contributed by atoms with Crippen LogP contribution in [0.2, 0.25) is 0 Å². The molecule has 0 atom stereocenters. The van der Waals surface area contributed by atoms with Gasteiger partial charge in [0.05, 0.1) is 20.4 Å². The molecule has 0 spiro atoms. The molecule has 2 aromatic rings. The summed E-state index contributed by atoms with van der Waals surface area (Å²) < 4.78 is 16.5. The number of benzene rings is 1. The van der Waals surface area contributed by atoms with E-state index in [1.807, 2.05) is 31.3 Å². The lowest BCUT2D eigenvalue weighted by Gasteiger charge is -2.14. The summed E-state index contributed by atoms with van der Waals surface area (Å²) in [7, 11) is 5.07. The second kappa shape index (κ2) is 6.77. The van der Waals surface area contributed by atoms with Crippen molar-refractivity contribution in [3.63, 3.8) is 0 Å². The first kappa shape index (κ1) is 14.1. The molecule has 0 aliphatic rings. The summed E-state index contributed by atoms with van der Waals surface area (Å²) in [4.78, 5) is 4.16. The molecule has 5 heteroatoms. The molecule has 1 heterocycles. The fourth-order valence-electron chi connectivity index (χ4n) is 1.86. The van der Waals surface area contributed by atoms with Crippen molar-refractivity contribution in [3.05, 3.63) is 42.2 Å². The minimum Gasteiger partial charge on any atom is -0.493 e. The maximum Gasteiger partial charge on any atom is 0.211 e. The predicted molar refractivity (Wildman–Crippen MR) is 76.6 cm³/mol. The van der Waals surface area contributed by atoms with Gasteiger partial charge < -0.3 is 19.5 Å². The minimum absolute atomic E-state index is 0.543. The van der Waals surface area contributed by atoms with Gasteiger partial charge in [-0.25, -0.2) is 0 Å². The van der Waals surface area contributed by atoms with Crippen molar-refractivity contribution in [1.82, 2.24) is 10.3 Å². The highest BCUT2D eigenvalue weighted by Crippen LogP contribution is 2.39. The van der Waals surface area contributed by atoms with Crippen molar-refractivity contribution >= 4 is 0 Å². The molecule has 0 saturated heterocycles. The highest BCUT2D eigenvalue weighted by atomic mass is 16.5. The highest BCUT2D eigenvalue weighted by Gasteiger charge is 2.12. The average molecular weight is 274 g/mol. The Morgan fingerprint density at radius 3 is 2.40 bits per heavy atom. The van der Waals surface area contributed by atoms with Crippen LogP contribution in [0.4, 0.5) is 0 Å². The van der Waals surface area contributed by atoms with Crippen molar-refractivity contribution in [2.24, 2.45) is 0 Å². The summed E-state index contributed by atoms with van der Waals surface area (Å²) >= 11 is 0. The number of hydrogen-bond donors (Lipinski definition) is 1. The number of para-hydroxylation sites is 1. The highest BCUT2D eigenvalue weighted by molar-refractivity contribution is 5.53. The molecule has 0 saturated carbocycles. The Morgan fingerprint density at radius 2 is 1.80 bits per heavy atom. The van der Waals surface area contributed by atoms with Crippen LogP contribution in [0.5, 0.6) is 23.0 Å². The van der Waals surface area contributed by atoms with Crippen LogP contribution in [0.15, 0.2) is 36.7 Å². The first-order valence-electron chi connectivity index (χ1n) is 6.26. The van der Waals surface area contributed by atoms with Crippen molar-refractivity contribution in [2.75, 3.05) is 21.3 Å². The normalized spacial score (nSPS) is 10.2. The lowest BCUT2D eigenvalue weighted by Crippen LogP contribution is -2.05. The van der Waals surface area contributed by atoms with Crippen molar-refractivity contribution < 1.29 is 14.2 Å². The van der Waals surface area contributed by atoms with Gasteiger partial charge in [-0.15, -0.1) is 0 Å². The van der Waals surface area contributed by atoms with E-state index < -0.39 is 0 Å². The quantitative estimate of drug-likeness (QED) is 0.877. The van der Waals surface area contributed by atoms with E-state index in [1.54, 1.807) is 26.6 Å². The molecule has 1 aromatic carbocycles. The van der Waals surface area contributed by atoms with E-state index in [-0.39, 0.29) is 0 Å². The van der Waals surface area contributed by atoms with Gasteiger partial charge in [-0.1, -0.05) is 6.07 Å². The van der Waals surface area contributed by atoms with Crippen LogP contribution >= 0.6 is 0 Å². The topological polar surface area (TPSA) is 52.6 Å². The first-order valence-corrected chi connectivity index (χ1v) is 6.26. The number of ether oxygens (including phenoxy) is 3. The van der Waals surface area contributed by atoms with Crippen LogP contribution in [0.3, 0.4) is 0 Å². The Hall–Kier alpha value is -2.27. The third kappa shape index (κ3) is 3.19. The lowest BCUT2D eigenvalue weighted by atomic mass is 10.2. The summed E-state index contributed by atoms with van der Waals surface area (Å²) in [6.45, 7) is 0.729. The van der Waals surface area contributed by atoms with Crippen molar-refractivity contribution in [3.8, 4) is 23.0 Å². The molecular weight excluding hydrogens is 256 g/mol. The molecule has 5 nitrogen and oxygen atoms in total. The second-order valence-corrected chi connectivity index (χ2v) is 4.15. The maximum atomic E-state index is 5.87. The van der Waals surface area contributed by atoms with Gasteiger partial charge in [0.15, 0.2) is 11.5 Å². The first-order chi connectivity index (χ1) is 9.78. The summed E-state index contributed by atoms with van der Waals surface area (Å²) in [6.07, 6.45) is 3.45. The Bertz CT molecular complexity index is 551. The Morgan fingerprint density at radius 1 is 1.10 bits per heavy atom. The Balaban J connectivity index is 2.31. The van der Waals surface area contributed by atoms with Gasteiger partial charge in [-0.05, 0) is 30.8 Å². The Labute approximate surface area is 118 Å². The number of methoxy groups -OCH3 is 2. The smallest absolute Gasteiger partial charge is 0.211 e. The van der Waals surface area contributed by atoms with E-state index in [2.05, 4.69) is 10.3 Å². The van der Waals surface area contributed by atoms with E-state index in [4.69, 9.17) is 14.2 Å². The van der Waals surface area contributed by atoms with Crippen molar-refractivity contribution in [2.45, 2.75) is 6.54 Å². The van der Waals surface area contributed by atoms with E-state index in [0.29, 0.717) is 23.0 Å². The van der Waals surface area contributed by atoms with E-state index in [1.165, 1.54) is 0 Å². The van der Waals surface area contributed by atoms with Crippen LogP contribution in [0.1, 0.15) is 5.56 Å². The number of aromatic nitrogens is 1.